The third-order valence-electron chi connectivity index (χ3n) is 2.55. The summed E-state index contributed by atoms with van der Waals surface area (Å²) >= 11 is 0. The number of nitrogens with two attached hydrogens (primary N) is 1. The van der Waals surface area contributed by atoms with Crippen LogP contribution in [0.15, 0.2) is 0 Å². The molecule has 1 fully saturated rings. The lowest BCUT2D eigenvalue weighted by atomic mass is 10.0. The average molecular weight is 222 g/mol. The van der Waals surface area contributed by atoms with E-state index in [1.54, 1.807) is 0 Å². The van der Waals surface area contributed by atoms with E-state index in [0.717, 1.165) is 25.7 Å². The van der Waals surface area contributed by atoms with Crippen molar-refractivity contribution in [1.29, 1.82) is 0 Å². The zero-order valence-electron chi connectivity index (χ0n) is 8.20. The lowest BCUT2D eigenvalue weighted by Gasteiger charge is -2.22. The summed E-state index contributed by atoms with van der Waals surface area (Å²) in [5.74, 6) is -0.0803. The van der Waals surface area contributed by atoms with E-state index < -0.39 is 15.6 Å². The van der Waals surface area contributed by atoms with E-state index >= 15 is 0 Å². The van der Waals surface area contributed by atoms with Gasteiger partial charge in [0.15, 0.2) is 0 Å². The first-order valence-corrected chi connectivity index (χ1v) is 6.56. The molecule has 0 atom stereocenters. The number of nitrogens with one attached hydrogen (secondary N) is 1. The molecule has 1 saturated carbocycles. The van der Waals surface area contributed by atoms with E-state index in [2.05, 4.69) is 5.32 Å². The van der Waals surface area contributed by atoms with Crippen molar-refractivity contribution in [3.05, 3.63) is 0 Å². The molecule has 84 valence electrons. The van der Waals surface area contributed by atoms with Crippen LogP contribution in [-0.4, -0.2) is 38.0 Å². The summed E-state index contributed by atoms with van der Waals surface area (Å²) in [4.78, 5) is 0. The van der Waals surface area contributed by atoms with Crippen LogP contribution in [0.3, 0.4) is 0 Å². The number of aliphatic hydroxyl groups is 1. The van der Waals surface area contributed by atoms with E-state index in [9.17, 15) is 13.5 Å². The molecule has 0 radical (unpaired) electrons. The van der Waals surface area contributed by atoms with Gasteiger partial charge in [0.05, 0.1) is 11.4 Å². The van der Waals surface area contributed by atoms with Crippen LogP contribution in [0.1, 0.15) is 25.7 Å². The predicted molar refractivity (Wildman–Crippen MR) is 54.3 cm³/mol. The maximum Gasteiger partial charge on any atom is 0.210 e. The van der Waals surface area contributed by atoms with E-state index in [-0.39, 0.29) is 5.75 Å². The van der Waals surface area contributed by atoms with Gasteiger partial charge in [-0.1, -0.05) is 12.8 Å². The lowest BCUT2D eigenvalue weighted by Crippen LogP contribution is -2.40. The van der Waals surface area contributed by atoms with Crippen molar-refractivity contribution in [2.75, 3.05) is 18.8 Å². The molecule has 0 unspecified atom stereocenters. The van der Waals surface area contributed by atoms with Crippen molar-refractivity contribution in [2.45, 2.75) is 31.3 Å². The highest BCUT2D eigenvalue weighted by atomic mass is 32.2. The second-order valence-corrected chi connectivity index (χ2v) is 5.71. The molecule has 0 aliphatic heterocycles. The van der Waals surface area contributed by atoms with Crippen LogP contribution >= 0.6 is 0 Å². The Kier molecular flexibility index (Phi) is 3.88. The van der Waals surface area contributed by atoms with Gasteiger partial charge in [-0.05, 0) is 12.8 Å². The van der Waals surface area contributed by atoms with Crippen LogP contribution in [0.5, 0.6) is 0 Å². The first kappa shape index (κ1) is 11.9. The van der Waals surface area contributed by atoms with Crippen LogP contribution in [-0.2, 0) is 10.0 Å². The topological polar surface area (TPSA) is 92.4 Å². The molecule has 0 aromatic heterocycles. The average Bonchev–Trinajstić information content (AvgIpc) is 2.45. The number of hydrogen-bond donors (Lipinski definition) is 3. The molecule has 0 spiro atoms. The molecule has 4 N–H and O–H groups in total. The smallest absolute Gasteiger partial charge is 0.210 e. The fraction of sp³-hybridized carbons (Fsp3) is 1.00. The molecule has 0 heterocycles. The Labute approximate surface area is 84.7 Å². The van der Waals surface area contributed by atoms with Gasteiger partial charge in [0.2, 0.25) is 10.0 Å². The van der Waals surface area contributed by atoms with Crippen molar-refractivity contribution < 1.29 is 13.5 Å². The fourth-order valence-electron chi connectivity index (χ4n) is 1.75. The summed E-state index contributed by atoms with van der Waals surface area (Å²) in [7, 11) is -3.38. The van der Waals surface area contributed by atoms with Gasteiger partial charge in [0.1, 0.15) is 0 Å². The summed E-state index contributed by atoms with van der Waals surface area (Å²) in [6.07, 6.45) is 3.70. The zero-order chi connectivity index (χ0) is 10.7. The summed E-state index contributed by atoms with van der Waals surface area (Å²) in [5.41, 5.74) is -0.627. The van der Waals surface area contributed by atoms with E-state index in [1.807, 2.05) is 0 Å². The number of primary sulfonamides is 1. The van der Waals surface area contributed by atoms with Gasteiger partial charge in [0.25, 0.3) is 0 Å². The Morgan fingerprint density at radius 3 is 2.43 bits per heavy atom. The molecular weight excluding hydrogens is 204 g/mol. The van der Waals surface area contributed by atoms with Crippen LogP contribution in [0.4, 0.5) is 0 Å². The Morgan fingerprint density at radius 2 is 1.93 bits per heavy atom. The molecule has 0 aromatic rings. The van der Waals surface area contributed by atoms with Crippen molar-refractivity contribution in [3.63, 3.8) is 0 Å². The van der Waals surface area contributed by atoms with Crippen LogP contribution in [0, 0.1) is 0 Å². The first-order valence-electron chi connectivity index (χ1n) is 4.85. The molecule has 0 saturated heterocycles. The molecule has 1 aliphatic carbocycles. The van der Waals surface area contributed by atoms with Crippen LogP contribution < -0.4 is 10.5 Å². The number of hydrogen-bond acceptors (Lipinski definition) is 4. The van der Waals surface area contributed by atoms with Crippen molar-refractivity contribution in [3.8, 4) is 0 Å². The van der Waals surface area contributed by atoms with Gasteiger partial charge < -0.3 is 10.4 Å². The molecule has 5 nitrogen and oxygen atoms in total. The second kappa shape index (κ2) is 4.57. The van der Waals surface area contributed by atoms with Gasteiger partial charge in [-0.2, -0.15) is 0 Å². The predicted octanol–water partition coefficient (Wildman–Crippen LogP) is -0.830. The zero-order valence-corrected chi connectivity index (χ0v) is 9.02. The van der Waals surface area contributed by atoms with Crippen molar-refractivity contribution >= 4 is 10.0 Å². The summed E-state index contributed by atoms with van der Waals surface area (Å²) < 4.78 is 21.2. The monoisotopic (exact) mass is 222 g/mol. The fourth-order valence-corrected chi connectivity index (χ4v) is 2.17. The largest absolute Gasteiger partial charge is 0.389 e. The highest BCUT2D eigenvalue weighted by Crippen LogP contribution is 2.28. The Balaban J connectivity index is 2.15. The summed E-state index contributed by atoms with van der Waals surface area (Å²) in [5, 5.41) is 17.6. The van der Waals surface area contributed by atoms with Crippen LogP contribution in [0.2, 0.25) is 0 Å². The van der Waals surface area contributed by atoms with E-state index in [4.69, 9.17) is 5.14 Å². The van der Waals surface area contributed by atoms with Crippen LogP contribution in [0.25, 0.3) is 0 Å². The minimum Gasteiger partial charge on any atom is -0.389 e. The van der Waals surface area contributed by atoms with Gasteiger partial charge >= 0.3 is 0 Å². The van der Waals surface area contributed by atoms with Gasteiger partial charge in [-0.3, -0.25) is 0 Å². The third-order valence-corrected chi connectivity index (χ3v) is 3.32. The highest BCUT2D eigenvalue weighted by molar-refractivity contribution is 7.89. The van der Waals surface area contributed by atoms with Crippen molar-refractivity contribution in [1.82, 2.24) is 5.32 Å². The lowest BCUT2D eigenvalue weighted by molar-refractivity contribution is 0.0484. The maximum atomic E-state index is 10.6. The number of sulfonamides is 1. The van der Waals surface area contributed by atoms with E-state index in [1.165, 1.54) is 0 Å². The minimum absolute atomic E-state index is 0.0803. The standard InChI is InChI=1S/C8H18N2O3S/c9-14(12,13)6-5-10-7-8(11)3-1-2-4-8/h10-11H,1-7H2,(H2,9,12,13). The van der Waals surface area contributed by atoms with Gasteiger partial charge in [0, 0.05) is 13.1 Å². The molecule has 0 bridgehead atoms. The second-order valence-electron chi connectivity index (χ2n) is 3.98. The molecule has 1 aliphatic rings. The SMILES string of the molecule is NS(=O)(=O)CCNCC1(O)CCCC1. The molecule has 1 rings (SSSR count). The van der Waals surface area contributed by atoms with E-state index in [0.29, 0.717) is 13.1 Å². The molecule has 14 heavy (non-hydrogen) atoms. The Hall–Kier alpha value is -0.170. The van der Waals surface area contributed by atoms with Gasteiger partial charge in [-0.25, -0.2) is 13.6 Å². The molecular formula is C8H18N2O3S. The Morgan fingerprint density at radius 1 is 1.36 bits per heavy atom. The summed E-state index contributed by atoms with van der Waals surface area (Å²) in [6.45, 7) is 0.768. The first-order chi connectivity index (χ1) is 6.41. The normalized spacial score (nSPS) is 21.3. The Bertz CT molecular complexity index is 270. The number of rotatable bonds is 5. The quantitative estimate of drug-likeness (QED) is 0.529. The molecule has 0 amide bonds. The van der Waals surface area contributed by atoms with Crippen molar-refractivity contribution in [2.24, 2.45) is 5.14 Å². The molecule has 0 aromatic carbocycles. The third kappa shape index (κ3) is 4.36. The highest BCUT2D eigenvalue weighted by Gasteiger charge is 2.30. The maximum absolute atomic E-state index is 10.6. The summed E-state index contributed by atoms with van der Waals surface area (Å²) in [6, 6.07) is 0. The minimum atomic E-state index is -3.38. The molecule has 6 heteroatoms. The van der Waals surface area contributed by atoms with Gasteiger partial charge in [-0.15, -0.1) is 0 Å².